The lowest BCUT2D eigenvalue weighted by atomic mass is 9.99. The van der Waals surface area contributed by atoms with E-state index >= 15 is 0 Å². The Balaban J connectivity index is 1.59. The number of rotatable bonds is 6. The van der Waals surface area contributed by atoms with Crippen molar-refractivity contribution in [2.45, 2.75) is 33.6 Å². The predicted molar refractivity (Wildman–Crippen MR) is 117 cm³/mol. The molecule has 2 aromatic heterocycles. The molecule has 152 valence electrons. The molecule has 0 aliphatic rings. The molecule has 8 heteroatoms. The average Bonchev–Trinajstić information content (AvgIpc) is 2.95. The second kappa shape index (κ2) is 8.73. The van der Waals surface area contributed by atoms with Gasteiger partial charge >= 0.3 is 0 Å². The monoisotopic (exact) mass is 457 g/mol. The number of para-hydroxylation sites is 1. The second-order valence-corrected chi connectivity index (χ2v) is 7.87. The van der Waals surface area contributed by atoms with E-state index in [1.165, 1.54) is 0 Å². The summed E-state index contributed by atoms with van der Waals surface area (Å²) in [6.45, 7) is 5.89. The Hall–Kier alpha value is -2.74. The minimum Gasteiger partial charge on any atom is -0.347 e. The molecule has 0 spiro atoms. The van der Waals surface area contributed by atoms with Crippen LogP contribution in [0.3, 0.4) is 0 Å². The molecular formula is C21H24BrN5O2. The molecule has 0 saturated heterocycles. The van der Waals surface area contributed by atoms with Crippen molar-refractivity contribution in [3.8, 4) is 0 Å². The molecule has 0 atom stereocenters. The third kappa shape index (κ3) is 4.64. The van der Waals surface area contributed by atoms with E-state index in [1.807, 2.05) is 46.0 Å². The van der Waals surface area contributed by atoms with Gasteiger partial charge in [0, 0.05) is 29.0 Å². The van der Waals surface area contributed by atoms with Crippen LogP contribution in [0.5, 0.6) is 0 Å². The largest absolute Gasteiger partial charge is 0.347 e. The number of nitrogens with zero attached hydrogens (tertiary/aromatic N) is 3. The number of nitrogens with one attached hydrogen (secondary N) is 2. The molecule has 3 rings (SSSR count). The van der Waals surface area contributed by atoms with Crippen LogP contribution in [-0.2, 0) is 23.1 Å². The lowest BCUT2D eigenvalue weighted by molar-refractivity contribution is -0.124. The van der Waals surface area contributed by atoms with E-state index in [9.17, 15) is 9.59 Å². The summed E-state index contributed by atoms with van der Waals surface area (Å²) < 4.78 is 2.57. The number of halogens is 1. The summed E-state index contributed by atoms with van der Waals surface area (Å²) in [7, 11) is 1.88. The summed E-state index contributed by atoms with van der Waals surface area (Å²) in [4.78, 5) is 29.0. The lowest BCUT2D eigenvalue weighted by Crippen LogP contribution is -2.33. The third-order valence-electron chi connectivity index (χ3n) is 4.93. The quantitative estimate of drug-likeness (QED) is 0.593. The Morgan fingerprint density at radius 3 is 2.55 bits per heavy atom. The van der Waals surface area contributed by atoms with Gasteiger partial charge in [-0.1, -0.05) is 12.1 Å². The average molecular weight is 458 g/mol. The molecule has 2 N–H and O–H groups in total. The molecule has 1 aromatic carbocycles. The van der Waals surface area contributed by atoms with Gasteiger partial charge in [0.05, 0.1) is 17.9 Å². The highest BCUT2D eigenvalue weighted by Gasteiger charge is 2.16. The van der Waals surface area contributed by atoms with Gasteiger partial charge in [-0.05, 0) is 66.4 Å². The molecule has 3 aromatic rings. The Kier molecular flexibility index (Phi) is 6.32. The number of benzene rings is 1. The van der Waals surface area contributed by atoms with Crippen LogP contribution >= 0.6 is 15.9 Å². The Morgan fingerprint density at radius 2 is 1.83 bits per heavy atom. The third-order valence-corrected chi connectivity index (χ3v) is 5.62. The molecule has 2 amide bonds. The lowest BCUT2D eigenvalue weighted by Gasteiger charge is -2.12. The molecular weight excluding hydrogens is 434 g/mol. The zero-order valence-electron chi connectivity index (χ0n) is 17.0. The first kappa shape index (κ1) is 21.0. The summed E-state index contributed by atoms with van der Waals surface area (Å²) >= 11 is 3.38. The number of anilines is 1. The van der Waals surface area contributed by atoms with Gasteiger partial charge in [-0.15, -0.1) is 0 Å². The van der Waals surface area contributed by atoms with Gasteiger partial charge in [0.25, 0.3) is 0 Å². The molecule has 0 bridgehead atoms. The highest BCUT2D eigenvalue weighted by molar-refractivity contribution is 9.10. The number of aryl methyl sites for hydroxylation is 4. The van der Waals surface area contributed by atoms with Crippen LogP contribution in [0.2, 0.25) is 0 Å². The number of pyridine rings is 1. The van der Waals surface area contributed by atoms with E-state index in [-0.39, 0.29) is 24.8 Å². The summed E-state index contributed by atoms with van der Waals surface area (Å²) in [6.07, 6.45) is 0.850. The smallest absolute Gasteiger partial charge is 0.243 e. The zero-order chi connectivity index (χ0) is 21.1. The number of amides is 2. The fourth-order valence-electron chi connectivity index (χ4n) is 3.49. The van der Waals surface area contributed by atoms with Gasteiger partial charge in [0.2, 0.25) is 11.8 Å². The van der Waals surface area contributed by atoms with Gasteiger partial charge < -0.3 is 10.6 Å². The van der Waals surface area contributed by atoms with Crippen molar-refractivity contribution >= 4 is 44.5 Å². The minimum absolute atomic E-state index is 0.0723. The summed E-state index contributed by atoms with van der Waals surface area (Å²) in [6, 6.07) is 7.33. The molecule has 0 radical (unpaired) electrons. The Bertz CT molecular complexity index is 1090. The summed E-state index contributed by atoms with van der Waals surface area (Å²) in [5, 5.41) is 10.9. The van der Waals surface area contributed by atoms with Gasteiger partial charge in [-0.2, -0.15) is 5.10 Å². The van der Waals surface area contributed by atoms with Crippen LogP contribution in [0.1, 0.15) is 28.9 Å². The minimum atomic E-state index is -0.272. The number of carbonyl (C=O) groups is 2. The van der Waals surface area contributed by atoms with Crippen molar-refractivity contribution in [2.75, 3.05) is 11.9 Å². The first-order chi connectivity index (χ1) is 13.8. The van der Waals surface area contributed by atoms with E-state index in [0.717, 1.165) is 38.0 Å². The number of hydrogen-bond acceptors (Lipinski definition) is 4. The molecule has 0 saturated carbocycles. The zero-order valence-corrected chi connectivity index (χ0v) is 18.6. The summed E-state index contributed by atoms with van der Waals surface area (Å²) in [5.74, 6) is -0.444. The van der Waals surface area contributed by atoms with Crippen molar-refractivity contribution in [1.82, 2.24) is 20.1 Å². The number of fused-ring (bicyclic) bond motifs is 1. The standard InChI is InChI=1S/C21H24BrN5O2/c1-12-15(13(2)24-21-20(12)14(3)26-27(21)4)9-10-18(28)23-11-19(29)25-17-8-6-5-7-16(17)22/h5-8H,9-11H2,1-4H3,(H,23,28)(H,25,29). The maximum atomic E-state index is 12.3. The van der Waals surface area contributed by atoms with Crippen molar-refractivity contribution in [3.05, 3.63) is 51.3 Å². The molecule has 0 unspecified atom stereocenters. The second-order valence-electron chi connectivity index (χ2n) is 7.01. The van der Waals surface area contributed by atoms with Crippen molar-refractivity contribution in [2.24, 2.45) is 7.05 Å². The van der Waals surface area contributed by atoms with Crippen LogP contribution < -0.4 is 10.6 Å². The molecule has 0 aliphatic carbocycles. The summed E-state index contributed by atoms with van der Waals surface area (Å²) in [5.41, 5.74) is 5.53. The number of carbonyl (C=O) groups excluding carboxylic acids is 2. The Morgan fingerprint density at radius 1 is 1.10 bits per heavy atom. The van der Waals surface area contributed by atoms with Crippen LogP contribution in [0, 0.1) is 20.8 Å². The molecule has 29 heavy (non-hydrogen) atoms. The van der Waals surface area contributed by atoms with Crippen LogP contribution in [0.15, 0.2) is 28.7 Å². The highest BCUT2D eigenvalue weighted by atomic mass is 79.9. The molecule has 2 heterocycles. The van der Waals surface area contributed by atoms with E-state index in [1.54, 1.807) is 10.7 Å². The molecule has 0 fully saturated rings. The fraction of sp³-hybridized carbons (Fsp3) is 0.333. The van der Waals surface area contributed by atoms with Crippen molar-refractivity contribution in [3.63, 3.8) is 0 Å². The van der Waals surface area contributed by atoms with Gasteiger partial charge in [-0.3, -0.25) is 14.3 Å². The first-order valence-electron chi connectivity index (χ1n) is 9.38. The fourth-order valence-corrected chi connectivity index (χ4v) is 3.88. The van der Waals surface area contributed by atoms with Crippen molar-refractivity contribution in [1.29, 1.82) is 0 Å². The SMILES string of the molecule is Cc1nc2c(c(C)nn2C)c(C)c1CCC(=O)NCC(=O)Nc1ccccc1Br. The maximum absolute atomic E-state index is 12.3. The van der Waals surface area contributed by atoms with Crippen molar-refractivity contribution < 1.29 is 9.59 Å². The van der Waals surface area contributed by atoms with E-state index in [0.29, 0.717) is 12.1 Å². The van der Waals surface area contributed by atoms with Crippen LogP contribution in [0.25, 0.3) is 11.0 Å². The van der Waals surface area contributed by atoms with Gasteiger partial charge in [0.1, 0.15) is 0 Å². The van der Waals surface area contributed by atoms with E-state index in [2.05, 4.69) is 36.6 Å². The first-order valence-corrected chi connectivity index (χ1v) is 10.2. The predicted octanol–water partition coefficient (Wildman–Crippen LogP) is 3.34. The topological polar surface area (TPSA) is 88.9 Å². The normalized spacial score (nSPS) is 10.9. The number of hydrogen-bond donors (Lipinski definition) is 2. The highest BCUT2D eigenvalue weighted by Crippen LogP contribution is 2.26. The molecule has 0 aliphatic heterocycles. The maximum Gasteiger partial charge on any atom is 0.243 e. The van der Waals surface area contributed by atoms with Crippen LogP contribution in [0.4, 0.5) is 5.69 Å². The Labute approximate surface area is 178 Å². The molecule has 7 nitrogen and oxygen atoms in total. The number of aromatic nitrogens is 3. The van der Waals surface area contributed by atoms with Gasteiger partial charge in [0.15, 0.2) is 5.65 Å². The van der Waals surface area contributed by atoms with Gasteiger partial charge in [-0.25, -0.2) is 4.98 Å². The van der Waals surface area contributed by atoms with Crippen LogP contribution in [-0.4, -0.2) is 33.1 Å². The van der Waals surface area contributed by atoms with E-state index in [4.69, 9.17) is 0 Å². The van der Waals surface area contributed by atoms with E-state index < -0.39 is 0 Å².